The first-order valence-electron chi connectivity index (χ1n) is 8.07. The highest BCUT2D eigenvalue weighted by Crippen LogP contribution is 2.27. The molecule has 0 fully saturated rings. The van der Waals surface area contributed by atoms with Gasteiger partial charge in [-0.25, -0.2) is 14.8 Å². The molecule has 0 N–H and O–H groups in total. The summed E-state index contributed by atoms with van der Waals surface area (Å²) in [6, 6.07) is 3.81. The summed E-state index contributed by atoms with van der Waals surface area (Å²) in [6.07, 6.45) is 3.72. The van der Waals surface area contributed by atoms with Crippen LogP contribution in [0.1, 0.15) is 17.4 Å². The monoisotopic (exact) mass is 359 g/mol. The molecule has 2 heterocycles. The number of hydrogen-bond donors (Lipinski definition) is 0. The Bertz CT molecular complexity index is 922. The second-order valence-electron chi connectivity index (χ2n) is 5.85. The Morgan fingerprint density at radius 2 is 2.12 bits per heavy atom. The van der Waals surface area contributed by atoms with Gasteiger partial charge < -0.3 is 9.64 Å². The normalized spacial score (nSPS) is 11.6. The average molecular weight is 359 g/mol. The average Bonchev–Trinajstić information content (AvgIpc) is 2.98. The number of nitrogens with zero attached hydrogens (tertiary/aromatic N) is 5. The van der Waals surface area contributed by atoms with Crippen molar-refractivity contribution in [3.63, 3.8) is 0 Å². The number of likely N-dealkylation sites (N-methyl/N-ethyl adjacent to an activating group) is 1. The second-order valence-corrected chi connectivity index (χ2v) is 6.63. The molecule has 2 aromatic heterocycles. The highest BCUT2D eigenvalue weighted by molar-refractivity contribution is 7.98. The molecule has 0 spiro atoms. The smallest absolute Gasteiger partial charge is 0.357 e. The van der Waals surface area contributed by atoms with Crippen molar-refractivity contribution in [2.24, 2.45) is 0 Å². The number of fused-ring (bicyclic) bond motifs is 3. The lowest BCUT2D eigenvalue weighted by Gasteiger charge is -2.11. The van der Waals surface area contributed by atoms with E-state index in [0.29, 0.717) is 29.5 Å². The molecule has 0 saturated carbocycles. The quantitative estimate of drug-likeness (QED) is 0.380. The molecule has 0 unspecified atom stereocenters. The molecule has 0 aliphatic heterocycles. The van der Waals surface area contributed by atoms with Crippen LogP contribution >= 0.6 is 11.8 Å². The highest BCUT2D eigenvalue weighted by Gasteiger charge is 2.21. The van der Waals surface area contributed by atoms with E-state index in [1.54, 1.807) is 17.8 Å². The van der Waals surface area contributed by atoms with Gasteiger partial charge in [0.2, 0.25) is 0 Å². The molecule has 0 aliphatic rings. The van der Waals surface area contributed by atoms with Gasteiger partial charge in [-0.05, 0) is 33.3 Å². The maximum atomic E-state index is 12.5. The van der Waals surface area contributed by atoms with Crippen LogP contribution in [0.25, 0.3) is 21.8 Å². The Morgan fingerprint density at radius 3 is 2.80 bits per heavy atom. The maximum Gasteiger partial charge on any atom is 0.357 e. The topological polar surface area (TPSA) is 73.1 Å². The highest BCUT2D eigenvalue weighted by atomic mass is 32.2. The van der Waals surface area contributed by atoms with E-state index in [1.165, 1.54) is 11.8 Å². The van der Waals surface area contributed by atoms with Crippen LogP contribution < -0.4 is 0 Å². The minimum atomic E-state index is -0.359. The summed E-state index contributed by atoms with van der Waals surface area (Å²) in [5, 5.41) is 7.02. The number of rotatable bonds is 6. The fourth-order valence-corrected chi connectivity index (χ4v) is 2.98. The summed E-state index contributed by atoms with van der Waals surface area (Å²) in [5.74, 6) is -0.359. The Balaban J connectivity index is 2.23. The number of thioether (sulfide) groups is 1. The molecule has 0 bridgehead atoms. The van der Waals surface area contributed by atoms with E-state index in [1.807, 2.05) is 37.4 Å². The van der Waals surface area contributed by atoms with Gasteiger partial charge in [-0.1, -0.05) is 17.8 Å². The first kappa shape index (κ1) is 17.6. The van der Waals surface area contributed by atoms with Crippen molar-refractivity contribution in [3.8, 4) is 0 Å². The molecule has 0 amide bonds. The van der Waals surface area contributed by atoms with Crippen molar-refractivity contribution < 1.29 is 9.53 Å². The Labute approximate surface area is 150 Å². The van der Waals surface area contributed by atoms with Crippen LogP contribution in [0.15, 0.2) is 23.5 Å². The van der Waals surface area contributed by atoms with Gasteiger partial charge in [0, 0.05) is 23.5 Å². The predicted octanol–water partition coefficient (Wildman–Crippen LogP) is 2.44. The van der Waals surface area contributed by atoms with Crippen LogP contribution in [0.3, 0.4) is 0 Å². The lowest BCUT2D eigenvalue weighted by Crippen LogP contribution is -2.22. The molecule has 8 heteroatoms. The van der Waals surface area contributed by atoms with E-state index < -0.39 is 0 Å². The third-order valence-corrected chi connectivity index (χ3v) is 4.41. The summed E-state index contributed by atoms with van der Waals surface area (Å²) >= 11 is 1.48. The zero-order valence-electron chi connectivity index (χ0n) is 14.8. The zero-order valence-corrected chi connectivity index (χ0v) is 15.6. The van der Waals surface area contributed by atoms with Gasteiger partial charge in [-0.3, -0.25) is 4.68 Å². The largest absolute Gasteiger partial charge is 0.461 e. The SMILES string of the molecule is CCOC(=O)c1c2ccc3cnc(SC)nc3c2nn1CCN(C)C. The molecule has 132 valence electrons. The molecular weight excluding hydrogens is 338 g/mol. The molecule has 7 nitrogen and oxygen atoms in total. The van der Waals surface area contributed by atoms with Gasteiger partial charge in [0.1, 0.15) is 11.0 Å². The van der Waals surface area contributed by atoms with Crippen molar-refractivity contribution in [2.75, 3.05) is 33.5 Å². The number of esters is 1. The van der Waals surface area contributed by atoms with Crippen molar-refractivity contribution in [1.29, 1.82) is 0 Å². The van der Waals surface area contributed by atoms with Crippen molar-refractivity contribution in [3.05, 3.63) is 24.0 Å². The van der Waals surface area contributed by atoms with Gasteiger partial charge in [-0.15, -0.1) is 0 Å². The molecular formula is C17H21N5O2S. The number of carbonyl (C=O) groups excluding carboxylic acids is 1. The minimum Gasteiger partial charge on any atom is -0.461 e. The number of ether oxygens (including phenoxy) is 1. The molecule has 0 aliphatic carbocycles. The first-order valence-corrected chi connectivity index (χ1v) is 9.29. The molecule has 3 aromatic rings. The third-order valence-electron chi connectivity index (χ3n) is 3.85. The lowest BCUT2D eigenvalue weighted by molar-refractivity contribution is 0.0513. The summed E-state index contributed by atoms with van der Waals surface area (Å²) < 4.78 is 6.97. The van der Waals surface area contributed by atoms with Crippen LogP contribution in [0.5, 0.6) is 0 Å². The van der Waals surface area contributed by atoms with Crippen LogP contribution in [0.2, 0.25) is 0 Å². The number of benzene rings is 1. The number of carbonyl (C=O) groups is 1. The van der Waals surface area contributed by atoms with Crippen LogP contribution in [0, 0.1) is 0 Å². The van der Waals surface area contributed by atoms with E-state index in [4.69, 9.17) is 4.74 Å². The second kappa shape index (κ2) is 7.37. The van der Waals surface area contributed by atoms with E-state index in [-0.39, 0.29) is 5.97 Å². The first-order chi connectivity index (χ1) is 12.0. The van der Waals surface area contributed by atoms with Crippen LogP contribution in [-0.4, -0.2) is 64.1 Å². The Kier molecular flexibility index (Phi) is 5.19. The fourth-order valence-electron chi connectivity index (χ4n) is 2.64. The molecule has 0 saturated heterocycles. The van der Waals surface area contributed by atoms with Gasteiger partial charge in [-0.2, -0.15) is 5.10 Å². The maximum absolute atomic E-state index is 12.5. The van der Waals surface area contributed by atoms with Gasteiger partial charge in [0.05, 0.1) is 13.2 Å². The predicted molar refractivity (Wildman–Crippen MR) is 99.1 cm³/mol. The minimum absolute atomic E-state index is 0.325. The van der Waals surface area contributed by atoms with Gasteiger partial charge in [0.15, 0.2) is 10.9 Å². The molecule has 3 rings (SSSR count). The zero-order chi connectivity index (χ0) is 18.0. The van der Waals surface area contributed by atoms with Crippen LogP contribution in [-0.2, 0) is 11.3 Å². The lowest BCUT2D eigenvalue weighted by atomic mass is 10.1. The summed E-state index contributed by atoms with van der Waals surface area (Å²) in [5.41, 5.74) is 1.94. The van der Waals surface area contributed by atoms with Crippen molar-refractivity contribution in [1.82, 2.24) is 24.6 Å². The molecule has 1 aromatic carbocycles. The van der Waals surface area contributed by atoms with E-state index in [0.717, 1.165) is 22.8 Å². The Hall–Kier alpha value is -2.19. The van der Waals surface area contributed by atoms with Crippen LogP contribution in [0.4, 0.5) is 0 Å². The fraction of sp³-hybridized carbons (Fsp3) is 0.412. The van der Waals surface area contributed by atoms with Crippen molar-refractivity contribution >= 4 is 39.5 Å². The van der Waals surface area contributed by atoms with Crippen molar-refractivity contribution in [2.45, 2.75) is 18.6 Å². The van der Waals surface area contributed by atoms with Gasteiger partial charge >= 0.3 is 5.97 Å². The number of hydrogen-bond acceptors (Lipinski definition) is 7. The van der Waals surface area contributed by atoms with E-state index in [2.05, 4.69) is 15.1 Å². The Morgan fingerprint density at radius 1 is 1.32 bits per heavy atom. The third kappa shape index (κ3) is 3.45. The summed E-state index contributed by atoms with van der Waals surface area (Å²) in [7, 11) is 3.97. The van der Waals surface area contributed by atoms with E-state index >= 15 is 0 Å². The van der Waals surface area contributed by atoms with E-state index in [9.17, 15) is 4.79 Å². The number of aromatic nitrogens is 4. The van der Waals surface area contributed by atoms with Gasteiger partial charge in [0.25, 0.3) is 0 Å². The summed E-state index contributed by atoms with van der Waals surface area (Å²) in [6.45, 7) is 3.49. The summed E-state index contributed by atoms with van der Waals surface area (Å²) in [4.78, 5) is 23.5. The standard InChI is InChI=1S/C17H21N5O2S/c1-5-24-16(23)15-12-7-6-11-10-18-17(25-4)19-13(11)14(12)20-22(15)9-8-21(2)3/h6-7,10H,5,8-9H2,1-4H3. The molecule has 25 heavy (non-hydrogen) atoms. The molecule has 0 radical (unpaired) electrons. The molecule has 0 atom stereocenters.